The molecule has 1 aromatic carbocycles. The van der Waals surface area contributed by atoms with Crippen LogP contribution in [-0.2, 0) is 4.79 Å². The smallest absolute Gasteiger partial charge is 0.231 e. The van der Waals surface area contributed by atoms with Crippen molar-refractivity contribution < 1.29 is 19.1 Å². The largest absolute Gasteiger partial charge is 0.454 e. The first kappa shape index (κ1) is 13.4. The van der Waals surface area contributed by atoms with Crippen LogP contribution in [0.3, 0.4) is 0 Å². The van der Waals surface area contributed by atoms with Crippen LogP contribution in [0.25, 0.3) is 0 Å². The second-order valence-electron chi connectivity index (χ2n) is 4.49. The number of likely N-dealkylation sites (N-methyl/N-ethyl adjacent to an activating group) is 1. The molecule has 0 N–H and O–H groups in total. The molecule has 19 heavy (non-hydrogen) atoms. The van der Waals surface area contributed by atoms with E-state index in [1.807, 2.05) is 6.92 Å². The van der Waals surface area contributed by atoms with Gasteiger partial charge in [-0.25, -0.2) is 0 Å². The Bertz CT molecular complexity index is 498. The lowest BCUT2D eigenvalue weighted by molar-refractivity contribution is -0.129. The quantitative estimate of drug-likeness (QED) is 0.761. The molecule has 102 valence electrons. The average Bonchev–Trinajstić information content (AvgIpc) is 2.85. The van der Waals surface area contributed by atoms with Crippen LogP contribution in [0.4, 0.5) is 0 Å². The maximum Gasteiger partial charge on any atom is 0.231 e. The zero-order chi connectivity index (χ0) is 13.8. The van der Waals surface area contributed by atoms with E-state index >= 15 is 0 Å². The molecule has 1 aliphatic heterocycles. The summed E-state index contributed by atoms with van der Waals surface area (Å²) in [6.45, 7) is 2.20. The third-order valence-electron chi connectivity index (χ3n) is 2.96. The van der Waals surface area contributed by atoms with Gasteiger partial charge in [-0.15, -0.1) is 0 Å². The van der Waals surface area contributed by atoms with Crippen LogP contribution >= 0.6 is 0 Å². The molecule has 0 aliphatic carbocycles. The molecule has 0 saturated heterocycles. The molecule has 0 spiro atoms. The van der Waals surface area contributed by atoms with Gasteiger partial charge in [0.15, 0.2) is 17.3 Å². The number of benzene rings is 1. The van der Waals surface area contributed by atoms with Gasteiger partial charge in [0.05, 0.1) is 6.54 Å². The summed E-state index contributed by atoms with van der Waals surface area (Å²) in [6, 6.07) is 5.06. The van der Waals surface area contributed by atoms with Crippen molar-refractivity contribution in [2.45, 2.75) is 19.8 Å². The van der Waals surface area contributed by atoms with Crippen LogP contribution in [0.5, 0.6) is 11.5 Å². The van der Waals surface area contributed by atoms with E-state index in [2.05, 4.69) is 0 Å². The number of fused-ring (bicyclic) bond motifs is 1. The van der Waals surface area contributed by atoms with Gasteiger partial charge in [0.2, 0.25) is 12.7 Å². The highest BCUT2D eigenvalue weighted by Crippen LogP contribution is 2.32. The van der Waals surface area contributed by atoms with Crippen molar-refractivity contribution in [2.75, 3.05) is 20.4 Å². The Labute approximate surface area is 112 Å². The van der Waals surface area contributed by atoms with Gasteiger partial charge in [0.25, 0.3) is 0 Å². The second-order valence-corrected chi connectivity index (χ2v) is 4.49. The fraction of sp³-hybridized carbons (Fsp3) is 0.429. The highest BCUT2D eigenvalue weighted by Gasteiger charge is 2.18. The molecule has 2 rings (SSSR count). The molecular weight excluding hydrogens is 246 g/mol. The minimum Gasteiger partial charge on any atom is -0.454 e. The number of rotatable bonds is 5. The van der Waals surface area contributed by atoms with Crippen molar-refractivity contribution in [3.05, 3.63) is 23.8 Å². The van der Waals surface area contributed by atoms with E-state index in [9.17, 15) is 9.59 Å². The molecule has 5 nitrogen and oxygen atoms in total. The maximum atomic E-state index is 12.1. The van der Waals surface area contributed by atoms with Gasteiger partial charge < -0.3 is 14.4 Å². The van der Waals surface area contributed by atoms with Crippen molar-refractivity contribution in [1.82, 2.24) is 4.90 Å². The van der Waals surface area contributed by atoms with E-state index < -0.39 is 0 Å². The van der Waals surface area contributed by atoms with Crippen LogP contribution < -0.4 is 9.47 Å². The molecule has 0 unspecified atom stereocenters. The normalized spacial score (nSPS) is 12.3. The van der Waals surface area contributed by atoms with Crippen LogP contribution in [-0.4, -0.2) is 37.0 Å². The Morgan fingerprint density at radius 2 is 2.00 bits per heavy atom. The highest BCUT2D eigenvalue weighted by molar-refractivity contribution is 5.99. The monoisotopic (exact) mass is 263 g/mol. The number of hydrogen-bond donors (Lipinski definition) is 0. The fourth-order valence-electron chi connectivity index (χ4n) is 1.87. The molecule has 1 aliphatic rings. The average molecular weight is 263 g/mol. The molecule has 0 atom stereocenters. The molecule has 0 fully saturated rings. The van der Waals surface area contributed by atoms with E-state index in [4.69, 9.17) is 9.47 Å². The number of Topliss-reactive ketones (excluding diaryl/α,β-unsaturated/α-hetero) is 1. The van der Waals surface area contributed by atoms with Crippen LogP contribution in [0, 0.1) is 0 Å². The van der Waals surface area contributed by atoms with Crippen LogP contribution in [0.1, 0.15) is 30.1 Å². The van der Waals surface area contributed by atoms with Crippen LogP contribution in [0.15, 0.2) is 18.2 Å². The summed E-state index contributed by atoms with van der Waals surface area (Å²) in [7, 11) is 1.64. The first-order valence-corrected chi connectivity index (χ1v) is 6.28. The number of nitrogens with zero attached hydrogens (tertiary/aromatic N) is 1. The lowest BCUT2D eigenvalue weighted by Gasteiger charge is -2.15. The van der Waals surface area contributed by atoms with Crippen molar-refractivity contribution >= 4 is 11.7 Å². The molecule has 1 heterocycles. The van der Waals surface area contributed by atoms with E-state index in [-0.39, 0.29) is 25.0 Å². The van der Waals surface area contributed by atoms with Gasteiger partial charge in [-0.1, -0.05) is 6.92 Å². The molecule has 0 radical (unpaired) electrons. The van der Waals surface area contributed by atoms with Crippen molar-refractivity contribution in [2.24, 2.45) is 0 Å². The van der Waals surface area contributed by atoms with Gasteiger partial charge in [0.1, 0.15) is 0 Å². The van der Waals surface area contributed by atoms with Crippen molar-refractivity contribution in [1.29, 1.82) is 0 Å². The lowest BCUT2D eigenvalue weighted by atomic mass is 10.1. The maximum absolute atomic E-state index is 12.1. The minimum atomic E-state index is -0.106. The highest BCUT2D eigenvalue weighted by atomic mass is 16.7. The summed E-state index contributed by atoms with van der Waals surface area (Å²) in [5.41, 5.74) is 0.528. The summed E-state index contributed by atoms with van der Waals surface area (Å²) < 4.78 is 10.4. The summed E-state index contributed by atoms with van der Waals surface area (Å²) in [5, 5.41) is 0. The summed E-state index contributed by atoms with van der Waals surface area (Å²) in [5.74, 6) is 1.10. The number of amides is 1. The van der Waals surface area contributed by atoms with E-state index in [0.29, 0.717) is 23.5 Å². The number of hydrogen-bond acceptors (Lipinski definition) is 4. The molecule has 0 bridgehead atoms. The second kappa shape index (κ2) is 5.73. The summed E-state index contributed by atoms with van der Waals surface area (Å²) in [6.07, 6.45) is 1.24. The summed E-state index contributed by atoms with van der Waals surface area (Å²) in [4.78, 5) is 25.2. The fourth-order valence-corrected chi connectivity index (χ4v) is 1.87. The standard InChI is InChI=1S/C14H17NO4/c1-3-4-14(17)15(2)8-11(16)10-5-6-12-13(7-10)19-9-18-12/h5-7H,3-4,8-9H2,1-2H3. The van der Waals surface area contributed by atoms with Crippen LogP contribution in [0.2, 0.25) is 0 Å². The number of ether oxygens (including phenoxy) is 2. The SMILES string of the molecule is CCCC(=O)N(C)CC(=O)c1ccc2c(c1)OCO2. The topological polar surface area (TPSA) is 55.8 Å². The van der Waals surface area contributed by atoms with E-state index in [1.165, 1.54) is 4.90 Å². The molecule has 5 heteroatoms. The first-order chi connectivity index (χ1) is 9.11. The van der Waals surface area contributed by atoms with Gasteiger partial charge >= 0.3 is 0 Å². The Morgan fingerprint density at radius 3 is 2.74 bits per heavy atom. The van der Waals surface area contributed by atoms with E-state index in [0.717, 1.165) is 6.42 Å². The van der Waals surface area contributed by atoms with E-state index in [1.54, 1.807) is 25.2 Å². The number of carbonyl (C=O) groups is 2. The Morgan fingerprint density at radius 1 is 1.26 bits per heavy atom. The third-order valence-corrected chi connectivity index (χ3v) is 2.96. The minimum absolute atomic E-state index is 0.0170. The molecule has 1 amide bonds. The molecule has 0 saturated carbocycles. The van der Waals surface area contributed by atoms with Gasteiger partial charge in [-0.2, -0.15) is 0 Å². The predicted octanol–water partition coefficient (Wildman–Crippen LogP) is 1.86. The zero-order valence-electron chi connectivity index (χ0n) is 11.1. The zero-order valence-corrected chi connectivity index (χ0v) is 11.1. The molecular formula is C14H17NO4. The predicted molar refractivity (Wildman–Crippen MR) is 69.4 cm³/mol. The lowest BCUT2D eigenvalue weighted by Crippen LogP contribution is -2.31. The Balaban J connectivity index is 2.02. The number of carbonyl (C=O) groups excluding carboxylic acids is 2. The Hall–Kier alpha value is -2.04. The first-order valence-electron chi connectivity index (χ1n) is 6.28. The molecule has 0 aromatic heterocycles. The number of ketones is 1. The third kappa shape index (κ3) is 3.05. The van der Waals surface area contributed by atoms with Crippen molar-refractivity contribution in [3.8, 4) is 11.5 Å². The van der Waals surface area contributed by atoms with Crippen molar-refractivity contribution in [3.63, 3.8) is 0 Å². The summed E-state index contributed by atoms with van der Waals surface area (Å²) >= 11 is 0. The van der Waals surface area contributed by atoms with Gasteiger partial charge in [-0.3, -0.25) is 9.59 Å². The van der Waals surface area contributed by atoms with Gasteiger partial charge in [-0.05, 0) is 24.6 Å². The Kier molecular flexibility index (Phi) is 4.04. The van der Waals surface area contributed by atoms with Gasteiger partial charge in [0, 0.05) is 19.0 Å². The molecule has 1 aromatic rings.